The lowest BCUT2D eigenvalue weighted by molar-refractivity contribution is 0.668. The van der Waals surface area contributed by atoms with Crippen LogP contribution in [0.5, 0.6) is 0 Å². The van der Waals surface area contributed by atoms with Gasteiger partial charge in [0.2, 0.25) is 0 Å². The first-order chi connectivity index (χ1) is 19.3. The molecule has 2 heterocycles. The van der Waals surface area contributed by atoms with E-state index in [4.69, 9.17) is 14.4 Å². The normalized spacial score (nSPS) is 11.6. The molecule has 8 rings (SSSR count). The fourth-order valence-corrected chi connectivity index (χ4v) is 5.54. The minimum Gasteiger partial charge on any atom is -0.452 e. The molecule has 0 spiro atoms. The summed E-state index contributed by atoms with van der Waals surface area (Å²) in [7, 11) is 0. The molecule has 182 valence electrons. The number of aromatic nitrogens is 2. The molecule has 0 unspecified atom stereocenters. The number of furan rings is 1. The summed E-state index contributed by atoms with van der Waals surface area (Å²) < 4.78 is 6.55. The van der Waals surface area contributed by atoms with Crippen molar-refractivity contribution in [1.29, 1.82) is 0 Å². The molecular formula is C36H22N2O. The van der Waals surface area contributed by atoms with E-state index in [9.17, 15) is 0 Å². The minimum absolute atomic E-state index is 0.680. The van der Waals surface area contributed by atoms with Crippen molar-refractivity contribution in [3.05, 3.63) is 133 Å². The molecule has 39 heavy (non-hydrogen) atoms. The summed E-state index contributed by atoms with van der Waals surface area (Å²) in [5.41, 5.74) is 7.45. The van der Waals surface area contributed by atoms with Crippen LogP contribution in [0, 0.1) is 0 Å². The predicted molar refractivity (Wildman–Crippen MR) is 161 cm³/mol. The lowest BCUT2D eigenvalue weighted by Crippen LogP contribution is -1.95. The molecule has 0 amide bonds. The van der Waals surface area contributed by atoms with Crippen LogP contribution in [0.1, 0.15) is 0 Å². The van der Waals surface area contributed by atoms with E-state index < -0.39 is 0 Å². The topological polar surface area (TPSA) is 38.9 Å². The third-order valence-corrected chi connectivity index (χ3v) is 7.45. The van der Waals surface area contributed by atoms with E-state index in [-0.39, 0.29) is 0 Å². The van der Waals surface area contributed by atoms with E-state index in [1.54, 1.807) is 0 Å². The molecule has 0 N–H and O–H groups in total. The summed E-state index contributed by atoms with van der Waals surface area (Å²) in [6.45, 7) is 0. The van der Waals surface area contributed by atoms with Gasteiger partial charge in [0.1, 0.15) is 16.8 Å². The van der Waals surface area contributed by atoms with Crippen LogP contribution < -0.4 is 0 Å². The van der Waals surface area contributed by atoms with Crippen LogP contribution in [0.25, 0.3) is 77.4 Å². The zero-order valence-corrected chi connectivity index (χ0v) is 21.0. The molecule has 0 aliphatic carbocycles. The second-order valence-electron chi connectivity index (χ2n) is 9.84. The van der Waals surface area contributed by atoms with Gasteiger partial charge in [-0.25, -0.2) is 9.97 Å². The van der Waals surface area contributed by atoms with Crippen LogP contribution >= 0.6 is 0 Å². The van der Waals surface area contributed by atoms with Crippen LogP contribution in [-0.2, 0) is 0 Å². The molecule has 0 fully saturated rings. The molecule has 0 atom stereocenters. The van der Waals surface area contributed by atoms with Crippen molar-refractivity contribution in [3.8, 4) is 33.8 Å². The Morgan fingerprint density at radius 1 is 0.462 bits per heavy atom. The van der Waals surface area contributed by atoms with Gasteiger partial charge in [-0.2, -0.15) is 0 Å². The van der Waals surface area contributed by atoms with Crippen molar-refractivity contribution in [2.45, 2.75) is 0 Å². The fraction of sp³-hybridized carbons (Fsp3) is 0. The Bertz CT molecular complexity index is 2170. The maximum absolute atomic E-state index is 6.55. The highest BCUT2D eigenvalue weighted by molar-refractivity contribution is 6.13. The van der Waals surface area contributed by atoms with Gasteiger partial charge >= 0.3 is 0 Å². The van der Waals surface area contributed by atoms with Crippen LogP contribution in [0.2, 0.25) is 0 Å². The van der Waals surface area contributed by atoms with Crippen molar-refractivity contribution in [2.24, 2.45) is 0 Å². The number of rotatable bonds is 3. The van der Waals surface area contributed by atoms with E-state index in [0.29, 0.717) is 11.4 Å². The highest BCUT2D eigenvalue weighted by Gasteiger charge is 2.20. The van der Waals surface area contributed by atoms with Crippen molar-refractivity contribution >= 4 is 43.6 Å². The first kappa shape index (κ1) is 21.8. The van der Waals surface area contributed by atoms with E-state index in [1.165, 1.54) is 0 Å². The maximum atomic E-state index is 6.55. The summed E-state index contributed by atoms with van der Waals surface area (Å²) in [6.07, 6.45) is 0. The lowest BCUT2D eigenvalue weighted by Gasteiger charge is -2.10. The first-order valence-corrected chi connectivity index (χ1v) is 13.1. The molecule has 0 aliphatic heterocycles. The largest absolute Gasteiger partial charge is 0.452 e. The van der Waals surface area contributed by atoms with Crippen molar-refractivity contribution in [2.75, 3.05) is 0 Å². The summed E-state index contributed by atoms with van der Waals surface area (Å²) in [6, 6.07) is 46.2. The number of fused-ring (bicyclic) bond motifs is 5. The van der Waals surface area contributed by atoms with Gasteiger partial charge in [-0.3, -0.25) is 0 Å². The molecule has 0 saturated carbocycles. The Morgan fingerprint density at radius 2 is 1.13 bits per heavy atom. The Balaban J connectivity index is 1.45. The van der Waals surface area contributed by atoms with E-state index >= 15 is 0 Å². The molecular weight excluding hydrogens is 476 g/mol. The molecule has 3 nitrogen and oxygen atoms in total. The van der Waals surface area contributed by atoms with Crippen molar-refractivity contribution < 1.29 is 4.42 Å². The molecule has 0 bridgehead atoms. The third kappa shape index (κ3) is 3.59. The standard InChI is InChI=1S/C36H22N2O/c1-2-10-23(11-3-1)25-16-8-17-28(20-25)36-37-33(30-19-9-15-24-12-6-7-18-29(24)30)35-34(38-36)31-21-26-13-4-5-14-27(26)22-32(31)39-35/h1-22H. The van der Waals surface area contributed by atoms with Crippen molar-refractivity contribution in [3.63, 3.8) is 0 Å². The highest BCUT2D eigenvalue weighted by Crippen LogP contribution is 2.39. The first-order valence-electron chi connectivity index (χ1n) is 13.1. The molecule has 0 radical (unpaired) electrons. The fourth-order valence-electron chi connectivity index (χ4n) is 5.54. The van der Waals surface area contributed by atoms with Crippen LogP contribution in [-0.4, -0.2) is 9.97 Å². The summed E-state index contributed by atoms with van der Waals surface area (Å²) in [4.78, 5) is 10.3. The van der Waals surface area contributed by atoms with Gasteiger partial charge in [0.25, 0.3) is 0 Å². The van der Waals surface area contributed by atoms with Gasteiger partial charge in [0, 0.05) is 16.5 Å². The molecule has 3 heteroatoms. The molecule has 6 aromatic carbocycles. The predicted octanol–water partition coefficient (Wildman–Crippen LogP) is 9.68. The number of hydrogen-bond acceptors (Lipinski definition) is 3. The average molecular weight is 499 g/mol. The molecule has 2 aromatic heterocycles. The van der Waals surface area contributed by atoms with Gasteiger partial charge in [-0.1, -0.05) is 115 Å². The molecule has 0 saturated heterocycles. The number of benzene rings is 6. The SMILES string of the molecule is c1ccc(-c2cccc(-c3nc(-c4cccc5ccccc45)c4oc5cc6ccccc6cc5c4n3)c2)cc1. The average Bonchev–Trinajstić information content (AvgIpc) is 3.37. The van der Waals surface area contributed by atoms with Crippen LogP contribution in [0.15, 0.2) is 138 Å². The quantitative estimate of drug-likeness (QED) is 0.243. The van der Waals surface area contributed by atoms with Crippen LogP contribution in [0.3, 0.4) is 0 Å². The van der Waals surface area contributed by atoms with E-state index in [1.807, 2.05) is 6.07 Å². The number of nitrogens with zero attached hydrogens (tertiary/aromatic N) is 2. The molecule has 8 aromatic rings. The Labute approximate surface area is 225 Å². The van der Waals surface area contributed by atoms with Gasteiger partial charge in [0.15, 0.2) is 11.4 Å². The van der Waals surface area contributed by atoms with Gasteiger partial charge < -0.3 is 4.42 Å². The lowest BCUT2D eigenvalue weighted by atomic mass is 10.0. The molecule has 0 aliphatic rings. The smallest absolute Gasteiger partial charge is 0.180 e. The maximum Gasteiger partial charge on any atom is 0.180 e. The van der Waals surface area contributed by atoms with Crippen LogP contribution in [0.4, 0.5) is 0 Å². The third-order valence-electron chi connectivity index (χ3n) is 7.45. The van der Waals surface area contributed by atoms with Gasteiger partial charge in [0.05, 0.1) is 0 Å². The highest BCUT2D eigenvalue weighted by atomic mass is 16.3. The summed E-state index contributed by atoms with van der Waals surface area (Å²) in [5.74, 6) is 0.680. The second-order valence-corrected chi connectivity index (χ2v) is 9.84. The second kappa shape index (κ2) is 8.64. The Kier molecular flexibility index (Phi) is 4.82. The van der Waals surface area contributed by atoms with E-state index in [2.05, 4.69) is 127 Å². The Morgan fingerprint density at radius 3 is 2.00 bits per heavy atom. The summed E-state index contributed by atoms with van der Waals surface area (Å²) >= 11 is 0. The Hall–Kier alpha value is -5.28. The minimum atomic E-state index is 0.680. The number of hydrogen-bond donors (Lipinski definition) is 0. The van der Waals surface area contributed by atoms with E-state index in [0.717, 1.165) is 66.0 Å². The zero-order chi connectivity index (χ0) is 25.8. The summed E-state index contributed by atoms with van der Waals surface area (Å²) in [5, 5.41) is 5.59. The van der Waals surface area contributed by atoms with Gasteiger partial charge in [-0.15, -0.1) is 0 Å². The van der Waals surface area contributed by atoms with Crippen molar-refractivity contribution in [1.82, 2.24) is 9.97 Å². The van der Waals surface area contributed by atoms with Gasteiger partial charge in [-0.05, 0) is 50.9 Å². The monoisotopic (exact) mass is 498 g/mol. The zero-order valence-electron chi connectivity index (χ0n) is 21.0.